The largest absolute Gasteiger partial charge is 0.382 e. The number of halogens is 1. The van der Waals surface area contributed by atoms with Crippen LogP contribution >= 0.6 is 11.8 Å². The van der Waals surface area contributed by atoms with Crippen LogP contribution in [0.5, 0.6) is 0 Å². The third-order valence-corrected chi connectivity index (χ3v) is 2.38. The summed E-state index contributed by atoms with van der Waals surface area (Å²) in [4.78, 5) is 13.0. The Balaban J connectivity index is 2.36. The lowest BCUT2D eigenvalue weighted by molar-refractivity contribution is -0.127. The second-order valence-electron chi connectivity index (χ2n) is 3.24. The SMILES string of the molecule is NC(=O)C(O)[C@H](CC1CC1)NCl. The van der Waals surface area contributed by atoms with Crippen LogP contribution in [0.15, 0.2) is 0 Å². The summed E-state index contributed by atoms with van der Waals surface area (Å²) in [6.07, 6.45) is 1.84. The first kappa shape index (κ1) is 9.77. The number of carbonyl (C=O) groups excluding carboxylic acids is 1. The minimum absolute atomic E-state index is 0.406. The van der Waals surface area contributed by atoms with Crippen LogP contribution in [-0.2, 0) is 4.79 Å². The van der Waals surface area contributed by atoms with E-state index in [2.05, 4.69) is 4.84 Å². The van der Waals surface area contributed by atoms with Gasteiger partial charge < -0.3 is 10.8 Å². The molecule has 1 aliphatic rings. The van der Waals surface area contributed by atoms with E-state index in [-0.39, 0.29) is 0 Å². The van der Waals surface area contributed by atoms with E-state index in [1.807, 2.05) is 0 Å². The van der Waals surface area contributed by atoms with Gasteiger partial charge in [-0.1, -0.05) is 12.8 Å². The average molecular weight is 193 g/mol. The molecule has 70 valence electrons. The van der Waals surface area contributed by atoms with E-state index in [0.717, 1.165) is 12.8 Å². The van der Waals surface area contributed by atoms with E-state index in [1.165, 1.54) is 0 Å². The van der Waals surface area contributed by atoms with Crippen LogP contribution in [0.4, 0.5) is 0 Å². The van der Waals surface area contributed by atoms with Crippen LogP contribution in [0.25, 0.3) is 0 Å². The summed E-state index contributed by atoms with van der Waals surface area (Å²) >= 11 is 5.36. The Kier molecular flexibility index (Phi) is 3.31. The zero-order chi connectivity index (χ0) is 9.14. The Morgan fingerprint density at radius 1 is 1.75 bits per heavy atom. The average Bonchev–Trinajstić information content (AvgIpc) is 2.82. The number of hydrogen-bond donors (Lipinski definition) is 3. The number of primary amides is 1. The molecule has 4 nitrogen and oxygen atoms in total. The highest BCUT2D eigenvalue weighted by Gasteiger charge is 2.31. The summed E-state index contributed by atoms with van der Waals surface area (Å²) in [5, 5.41) is 9.24. The van der Waals surface area contributed by atoms with Gasteiger partial charge in [0.15, 0.2) is 0 Å². The van der Waals surface area contributed by atoms with Gasteiger partial charge in [0.25, 0.3) is 0 Å². The summed E-state index contributed by atoms with van der Waals surface area (Å²) in [5.74, 6) is -0.135. The van der Waals surface area contributed by atoms with Crippen molar-refractivity contribution in [2.75, 3.05) is 0 Å². The molecule has 0 aliphatic heterocycles. The molecule has 0 aromatic heterocycles. The molecule has 0 spiro atoms. The molecule has 0 aromatic rings. The van der Waals surface area contributed by atoms with E-state index in [4.69, 9.17) is 17.5 Å². The molecule has 1 rings (SSSR count). The number of nitrogens with one attached hydrogen (secondary N) is 1. The zero-order valence-corrected chi connectivity index (χ0v) is 7.42. The van der Waals surface area contributed by atoms with Crippen molar-refractivity contribution in [3.63, 3.8) is 0 Å². The first-order valence-corrected chi connectivity index (χ1v) is 4.36. The maximum Gasteiger partial charge on any atom is 0.247 e. The van der Waals surface area contributed by atoms with E-state index >= 15 is 0 Å². The fraction of sp³-hybridized carbons (Fsp3) is 0.857. The van der Waals surface area contributed by atoms with Crippen molar-refractivity contribution in [3.05, 3.63) is 0 Å². The molecule has 0 saturated heterocycles. The van der Waals surface area contributed by atoms with Gasteiger partial charge in [0.1, 0.15) is 6.10 Å². The fourth-order valence-electron chi connectivity index (χ4n) is 1.14. The Morgan fingerprint density at radius 2 is 2.33 bits per heavy atom. The molecule has 4 N–H and O–H groups in total. The second kappa shape index (κ2) is 4.07. The van der Waals surface area contributed by atoms with Crippen molar-refractivity contribution in [3.8, 4) is 0 Å². The smallest absolute Gasteiger partial charge is 0.247 e. The lowest BCUT2D eigenvalue weighted by atomic mass is 10.1. The molecule has 0 radical (unpaired) electrons. The first-order chi connectivity index (χ1) is 5.65. The summed E-state index contributed by atoms with van der Waals surface area (Å²) in [5.41, 5.74) is 4.92. The van der Waals surface area contributed by atoms with Gasteiger partial charge in [-0.15, -0.1) is 0 Å². The second-order valence-corrected chi connectivity index (χ2v) is 3.46. The van der Waals surface area contributed by atoms with Gasteiger partial charge in [0, 0.05) is 0 Å². The van der Waals surface area contributed by atoms with Crippen molar-refractivity contribution in [1.29, 1.82) is 0 Å². The third-order valence-electron chi connectivity index (χ3n) is 2.10. The van der Waals surface area contributed by atoms with Gasteiger partial charge in [-0.3, -0.25) is 4.79 Å². The van der Waals surface area contributed by atoms with E-state index < -0.39 is 18.1 Å². The highest BCUT2D eigenvalue weighted by atomic mass is 35.5. The molecule has 1 unspecified atom stereocenters. The maximum absolute atomic E-state index is 10.6. The summed E-state index contributed by atoms with van der Waals surface area (Å²) < 4.78 is 0. The normalized spacial score (nSPS) is 21.8. The predicted molar refractivity (Wildman–Crippen MR) is 45.3 cm³/mol. The van der Waals surface area contributed by atoms with Crippen LogP contribution < -0.4 is 10.6 Å². The Labute approximate surface area is 76.2 Å². The minimum atomic E-state index is -1.18. The van der Waals surface area contributed by atoms with E-state index in [0.29, 0.717) is 12.3 Å². The van der Waals surface area contributed by atoms with Crippen LogP contribution in [-0.4, -0.2) is 23.2 Å². The first-order valence-electron chi connectivity index (χ1n) is 3.98. The Bertz CT molecular complexity index is 173. The molecule has 0 aromatic carbocycles. The van der Waals surface area contributed by atoms with Crippen LogP contribution in [0.3, 0.4) is 0 Å². The summed E-state index contributed by atoms with van der Waals surface area (Å²) in [6.45, 7) is 0. The van der Waals surface area contributed by atoms with Crippen molar-refractivity contribution in [2.45, 2.75) is 31.4 Å². The topological polar surface area (TPSA) is 75.4 Å². The molecule has 0 bridgehead atoms. The fourth-order valence-corrected chi connectivity index (χ4v) is 1.35. The number of carbonyl (C=O) groups is 1. The highest BCUT2D eigenvalue weighted by Crippen LogP contribution is 2.34. The monoisotopic (exact) mass is 192 g/mol. The number of nitrogens with two attached hydrogens (primary N) is 1. The van der Waals surface area contributed by atoms with Gasteiger partial charge in [-0.2, -0.15) is 0 Å². The molecule has 5 heteroatoms. The molecule has 1 amide bonds. The van der Waals surface area contributed by atoms with Crippen LogP contribution in [0.2, 0.25) is 0 Å². The number of amides is 1. The van der Waals surface area contributed by atoms with Crippen molar-refractivity contribution in [2.24, 2.45) is 11.7 Å². The van der Waals surface area contributed by atoms with Crippen molar-refractivity contribution < 1.29 is 9.90 Å². The zero-order valence-electron chi connectivity index (χ0n) is 6.66. The van der Waals surface area contributed by atoms with E-state index in [9.17, 15) is 9.90 Å². The standard InChI is InChI=1S/C7H13ClN2O2/c8-10-5(3-4-1-2-4)6(11)7(9)12/h4-6,10-11H,1-3H2,(H2,9,12)/t5-,6?/m0/s1. The Morgan fingerprint density at radius 3 is 2.67 bits per heavy atom. The highest BCUT2D eigenvalue weighted by molar-refractivity contribution is 6.13. The molecule has 1 aliphatic carbocycles. The number of aliphatic hydroxyl groups excluding tert-OH is 1. The van der Waals surface area contributed by atoms with Crippen LogP contribution in [0, 0.1) is 5.92 Å². The summed E-state index contributed by atoms with van der Waals surface area (Å²) in [7, 11) is 0. The minimum Gasteiger partial charge on any atom is -0.382 e. The van der Waals surface area contributed by atoms with Gasteiger partial charge in [-0.05, 0) is 24.1 Å². The Hall–Kier alpha value is -0.320. The summed E-state index contributed by atoms with van der Waals surface area (Å²) in [6, 6.07) is -0.406. The van der Waals surface area contributed by atoms with Gasteiger partial charge in [-0.25, -0.2) is 4.84 Å². The molecular weight excluding hydrogens is 180 g/mol. The van der Waals surface area contributed by atoms with Crippen molar-refractivity contribution >= 4 is 17.7 Å². The predicted octanol–water partition coefficient (Wildman–Crippen LogP) is -0.255. The number of hydrogen-bond acceptors (Lipinski definition) is 3. The van der Waals surface area contributed by atoms with E-state index in [1.54, 1.807) is 0 Å². The quantitative estimate of drug-likeness (QED) is 0.526. The van der Waals surface area contributed by atoms with Gasteiger partial charge in [0.2, 0.25) is 5.91 Å². The molecule has 1 fully saturated rings. The lowest BCUT2D eigenvalue weighted by Gasteiger charge is -2.17. The number of rotatable bonds is 5. The third kappa shape index (κ3) is 2.62. The maximum atomic E-state index is 10.6. The molecule has 1 saturated carbocycles. The van der Waals surface area contributed by atoms with Crippen LogP contribution in [0.1, 0.15) is 19.3 Å². The molecule has 12 heavy (non-hydrogen) atoms. The molecule has 2 atom stereocenters. The molecule has 0 heterocycles. The van der Waals surface area contributed by atoms with Gasteiger partial charge >= 0.3 is 0 Å². The van der Waals surface area contributed by atoms with Gasteiger partial charge in [0.05, 0.1) is 6.04 Å². The number of aliphatic hydroxyl groups is 1. The molecular formula is C7H13ClN2O2. The van der Waals surface area contributed by atoms with Crippen molar-refractivity contribution in [1.82, 2.24) is 4.84 Å². The lowest BCUT2D eigenvalue weighted by Crippen LogP contribution is -2.44.